The first-order chi connectivity index (χ1) is 16.5. The van der Waals surface area contributed by atoms with Crippen LogP contribution < -0.4 is 4.90 Å². The molecule has 1 aliphatic heterocycles. The predicted molar refractivity (Wildman–Crippen MR) is 133 cm³/mol. The summed E-state index contributed by atoms with van der Waals surface area (Å²) in [5.41, 5.74) is 2.59. The van der Waals surface area contributed by atoms with E-state index in [2.05, 4.69) is 16.0 Å². The molecule has 0 unspecified atom stereocenters. The third-order valence-electron chi connectivity index (χ3n) is 7.06. The van der Waals surface area contributed by atoms with Crippen molar-refractivity contribution in [3.63, 3.8) is 0 Å². The average Bonchev–Trinajstić information content (AvgIpc) is 2.88. The summed E-state index contributed by atoms with van der Waals surface area (Å²) >= 11 is 0. The quantitative estimate of drug-likeness (QED) is 0.580. The summed E-state index contributed by atoms with van der Waals surface area (Å²) in [7, 11) is 2.05. The van der Waals surface area contributed by atoms with Crippen LogP contribution in [0.25, 0.3) is 11.4 Å². The fourth-order valence-electron chi connectivity index (χ4n) is 5.14. The summed E-state index contributed by atoms with van der Waals surface area (Å²) < 4.78 is 5.22. The van der Waals surface area contributed by atoms with Gasteiger partial charge in [-0.25, -0.2) is 9.97 Å². The molecule has 1 saturated carbocycles. The largest absolute Gasteiger partial charge is 0.466 e. The third kappa shape index (κ3) is 5.40. The Morgan fingerprint density at radius 2 is 1.94 bits per heavy atom. The lowest BCUT2D eigenvalue weighted by Gasteiger charge is -2.35. The molecule has 7 nitrogen and oxygen atoms in total. The summed E-state index contributed by atoms with van der Waals surface area (Å²) in [4.78, 5) is 39.5. The number of nitrogens with zero attached hydrogens (tertiary/aromatic N) is 4. The Morgan fingerprint density at radius 1 is 1.15 bits per heavy atom. The van der Waals surface area contributed by atoms with Crippen LogP contribution in [0.1, 0.15) is 67.8 Å². The number of amides is 1. The molecule has 2 heterocycles. The van der Waals surface area contributed by atoms with E-state index in [4.69, 9.17) is 9.72 Å². The first-order valence-electron chi connectivity index (χ1n) is 12.6. The molecule has 4 rings (SSSR count). The highest BCUT2D eigenvalue weighted by molar-refractivity contribution is 5.99. The lowest BCUT2D eigenvalue weighted by atomic mass is 9.94. The van der Waals surface area contributed by atoms with Gasteiger partial charge in [-0.15, -0.1) is 0 Å². The van der Waals surface area contributed by atoms with E-state index in [1.165, 1.54) is 19.3 Å². The number of rotatable bonds is 6. The minimum atomic E-state index is -0.273. The second-order valence-corrected chi connectivity index (χ2v) is 9.55. The van der Waals surface area contributed by atoms with E-state index in [9.17, 15) is 9.59 Å². The van der Waals surface area contributed by atoms with E-state index in [1.807, 2.05) is 39.1 Å². The number of esters is 1. The fourth-order valence-corrected chi connectivity index (χ4v) is 5.14. The van der Waals surface area contributed by atoms with Crippen LogP contribution in [-0.2, 0) is 9.53 Å². The van der Waals surface area contributed by atoms with Crippen molar-refractivity contribution in [1.82, 2.24) is 14.9 Å². The molecule has 7 heteroatoms. The second kappa shape index (κ2) is 11.0. The molecule has 1 amide bonds. The number of benzene rings is 1. The van der Waals surface area contributed by atoms with Gasteiger partial charge in [0, 0.05) is 37.9 Å². The van der Waals surface area contributed by atoms with Gasteiger partial charge >= 0.3 is 5.97 Å². The lowest BCUT2D eigenvalue weighted by Crippen LogP contribution is -2.44. The van der Waals surface area contributed by atoms with Crippen molar-refractivity contribution in [2.24, 2.45) is 5.92 Å². The fraction of sp³-hybridized carbons (Fsp3) is 0.556. The van der Waals surface area contributed by atoms with Gasteiger partial charge in [0.2, 0.25) is 0 Å². The monoisotopic (exact) mass is 464 g/mol. The van der Waals surface area contributed by atoms with Crippen molar-refractivity contribution >= 4 is 17.7 Å². The van der Waals surface area contributed by atoms with Gasteiger partial charge in [-0.3, -0.25) is 9.59 Å². The molecule has 2 aliphatic rings. The summed E-state index contributed by atoms with van der Waals surface area (Å²) in [6, 6.07) is 8.47. The van der Waals surface area contributed by atoms with Gasteiger partial charge in [0.1, 0.15) is 11.4 Å². The Kier molecular flexibility index (Phi) is 7.80. The number of piperidine rings is 1. The van der Waals surface area contributed by atoms with Gasteiger partial charge in [0.05, 0.1) is 12.5 Å². The van der Waals surface area contributed by atoms with E-state index < -0.39 is 0 Å². The molecular weight excluding hydrogens is 428 g/mol. The predicted octanol–water partition coefficient (Wildman–Crippen LogP) is 4.64. The second-order valence-electron chi connectivity index (χ2n) is 9.55. The van der Waals surface area contributed by atoms with Gasteiger partial charge in [0.15, 0.2) is 5.82 Å². The molecule has 1 saturated heterocycles. The number of carbonyl (C=O) groups excluding carboxylic acids is 2. The maximum Gasteiger partial charge on any atom is 0.310 e. The molecule has 1 aromatic carbocycles. The van der Waals surface area contributed by atoms with Crippen LogP contribution in [0.5, 0.6) is 0 Å². The summed E-state index contributed by atoms with van der Waals surface area (Å²) in [5, 5.41) is 0. The van der Waals surface area contributed by atoms with E-state index in [-0.39, 0.29) is 17.8 Å². The summed E-state index contributed by atoms with van der Waals surface area (Å²) in [5.74, 6) is 0.709. The van der Waals surface area contributed by atoms with Crippen LogP contribution in [-0.4, -0.2) is 59.5 Å². The maximum atomic E-state index is 13.7. The van der Waals surface area contributed by atoms with Gasteiger partial charge in [0.25, 0.3) is 5.91 Å². The molecule has 0 spiro atoms. The number of carbonyl (C=O) groups is 2. The molecule has 34 heavy (non-hydrogen) atoms. The molecular formula is C27H36N4O3. The zero-order chi connectivity index (χ0) is 24.1. The standard InChI is InChI=1S/C27H36N4O3/c1-4-34-27(33)21-12-9-15-31(18-21)26(32)23-17-28-24(20-11-8-10-19(2)16-20)29-25(23)30(3)22-13-6-5-7-14-22/h8,10-11,16-17,21-22H,4-7,9,12-15,18H2,1-3H3/t21-/m0/s1. The Hall–Kier alpha value is -2.96. The van der Waals surface area contributed by atoms with Crippen molar-refractivity contribution in [2.45, 2.75) is 64.8 Å². The molecule has 0 radical (unpaired) electrons. The molecule has 1 aliphatic carbocycles. The first kappa shape index (κ1) is 24.2. The summed E-state index contributed by atoms with van der Waals surface area (Å²) in [6.07, 6.45) is 9.06. The number of likely N-dealkylation sites (tertiary alicyclic amines) is 1. The zero-order valence-electron chi connectivity index (χ0n) is 20.6. The first-order valence-corrected chi connectivity index (χ1v) is 12.6. The van der Waals surface area contributed by atoms with Gasteiger partial charge in [-0.2, -0.15) is 0 Å². The van der Waals surface area contributed by atoms with Crippen LogP contribution >= 0.6 is 0 Å². The zero-order valence-corrected chi connectivity index (χ0v) is 20.6. The highest BCUT2D eigenvalue weighted by Gasteiger charge is 2.32. The van der Waals surface area contributed by atoms with Crippen LogP contribution in [0, 0.1) is 12.8 Å². The van der Waals surface area contributed by atoms with Gasteiger partial charge < -0.3 is 14.5 Å². The number of anilines is 1. The van der Waals surface area contributed by atoms with E-state index in [0.717, 1.165) is 36.8 Å². The maximum absolute atomic E-state index is 13.7. The smallest absolute Gasteiger partial charge is 0.310 e. The Balaban J connectivity index is 1.66. The van der Waals surface area contributed by atoms with Crippen LogP contribution in [0.2, 0.25) is 0 Å². The average molecular weight is 465 g/mol. The molecule has 0 bridgehead atoms. The van der Waals surface area contributed by atoms with Gasteiger partial charge in [-0.05, 0) is 45.6 Å². The van der Waals surface area contributed by atoms with Crippen molar-refractivity contribution < 1.29 is 14.3 Å². The SMILES string of the molecule is CCOC(=O)[C@H]1CCCN(C(=O)c2cnc(-c3cccc(C)c3)nc2N(C)C2CCCCC2)C1. The normalized spacial score (nSPS) is 19.0. The van der Waals surface area contributed by atoms with E-state index in [0.29, 0.717) is 42.9 Å². The van der Waals surface area contributed by atoms with Crippen LogP contribution in [0.4, 0.5) is 5.82 Å². The summed E-state index contributed by atoms with van der Waals surface area (Å²) in [6.45, 7) is 5.22. The topological polar surface area (TPSA) is 75.6 Å². The minimum absolute atomic E-state index is 0.109. The van der Waals surface area contributed by atoms with Crippen LogP contribution in [0.15, 0.2) is 30.5 Å². The number of aryl methyl sites for hydroxylation is 1. The molecule has 1 atom stereocenters. The van der Waals surface area contributed by atoms with Crippen molar-refractivity contribution in [1.29, 1.82) is 0 Å². The number of hydrogen-bond acceptors (Lipinski definition) is 6. The van der Waals surface area contributed by atoms with E-state index >= 15 is 0 Å². The van der Waals surface area contributed by atoms with Crippen molar-refractivity contribution in [3.8, 4) is 11.4 Å². The Labute approximate surface area is 202 Å². The minimum Gasteiger partial charge on any atom is -0.466 e. The van der Waals surface area contributed by atoms with Crippen LogP contribution in [0.3, 0.4) is 0 Å². The lowest BCUT2D eigenvalue weighted by molar-refractivity contribution is -0.149. The Bertz CT molecular complexity index is 1020. The molecule has 0 N–H and O–H groups in total. The van der Waals surface area contributed by atoms with E-state index in [1.54, 1.807) is 11.1 Å². The molecule has 2 fully saturated rings. The molecule has 2 aromatic rings. The highest BCUT2D eigenvalue weighted by atomic mass is 16.5. The Morgan fingerprint density at radius 3 is 2.68 bits per heavy atom. The highest BCUT2D eigenvalue weighted by Crippen LogP contribution is 2.30. The third-order valence-corrected chi connectivity index (χ3v) is 7.06. The van der Waals surface area contributed by atoms with Gasteiger partial charge in [-0.1, -0.05) is 43.0 Å². The number of ether oxygens (including phenoxy) is 1. The molecule has 182 valence electrons. The molecule has 1 aromatic heterocycles. The number of aromatic nitrogens is 2. The number of hydrogen-bond donors (Lipinski definition) is 0. The van der Waals surface area contributed by atoms with Crippen molar-refractivity contribution in [2.75, 3.05) is 31.6 Å². The van der Waals surface area contributed by atoms with Crippen molar-refractivity contribution in [3.05, 3.63) is 41.6 Å².